The molecule has 2 aromatic carbocycles. The maximum atomic E-state index is 13.6. The molecule has 0 spiro atoms. The monoisotopic (exact) mass is 361 g/mol. The molecule has 1 atom stereocenters. The molecule has 1 N–H and O–H groups in total. The molecule has 7 heteroatoms. The van der Waals surface area contributed by atoms with Crippen LogP contribution in [0, 0.1) is 11.6 Å². The Morgan fingerprint density at radius 1 is 1.15 bits per heavy atom. The second-order valence-electron chi connectivity index (χ2n) is 6.16. The summed E-state index contributed by atoms with van der Waals surface area (Å²) in [6.07, 6.45) is 1.57. The lowest BCUT2D eigenvalue weighted by atomic mass is 10.1. The zero-order chi connectivity index (χ0) is 18.8. The Hall–Kier alpha value is -2.96. The van der Waals surface area contributed by atoms with Crippen LogP contribution in [0.25, 0.3) is 0 Å². The molecule has 3 rings (SSSR count). The van der Waals surface area contributed by atoms with E-state index in [9.17, 15) is 23.5 Å². The molecule has 1 aliphatic rings. The van der Waals surface area contributed by atoms with Crippen molar-refractivity contribution < 1.29 is 28.2 Å². The fourth-order valence-electron chi connectivity index (χ4n) is 2.63. The molecule has 0 radical (unpaired) electrons. The Bertz CT molecular complexity index is 834. The molecule has 0 aromatic heterocycles. The predicted octanol–water partition coefficient (Wildman–Crippen LogP) is 3.83. The highest BCUT2D eigenvalue weighted by molar-refractivity contribution is 5.97. The molecule has 0 aliphatic heterocycles. The lowest BCUT2D eigenvalue weighted by Gasteiger charge is -2.26. The average Bonchev–Trinajstić information content (AvgIpc) is 3.43. The Kier molecular flexibility index (Phi) is 4.88. The number of carboxylic acid groups (broad SMARTS) is 1. The zero-order valence-corrected chi connectivity index (χ0v) is 14.0. The second kappa shape index (κ2) is 7.11. The van der Waals surface area contributed by atoms with E-state index in [1.807, 2.05) is 0 Å². The quantitative estimate of drug-likeness (QED) is 0.849. The van der Waals surface area contributed by atoms with Crippen LogP contribution >= 0.6 is 0 Å². The van der Waals surface area contributed by atoms with E-state index in [1.165, 1.54) is 42.2 Å². The average molecular weight is 361 g/mol. The van der Waals surface area contributed by atoms with Crippen LogP contribution in [-0.4, -0.2) is 34.0 Å². The van der Waals surface area contributed by atoms with Crippen molar-refractivity contribution in [3.63, 3.8) is 0 Å². The van der Waals surface area contributed by atoms with Gasteiger partial charge in [0.2, 0.25) is 0 Å². The lowest BCUT2D eigenvalue weighted by Crippen LogP contribution is -2.44. The van der Waals surface area contributed by atoms with Gasteiger partial charge < -0.3 is 14.7 Å². The topological polar surface area (TPSA) is 66.8 Å². The SMILES string of the molecule is CC(C(=O)O)N(C(=O)c1ccc(Oc2ccc(F)cc2F)cc1)C1CC1. The lowest BCUT2D eigenvalue weighted by molar-refractivity contribution is -0.141. The molecule has 0 heterocycles. The van der Waals surface area contributed by atoms with E-state index in [2.05, 4.69) is 0 Å². The van der Waals surface area contributed by atoms with Gasteiger partial charge >= 0.3 is 5.97 Å². The number of benzene rings is 2. The Morgan fingerprint density at radius 3 is 2.35 bits per heavy atom. The molecule has 5 nitrogen and oxygen atoms in total. The Balaban J connectivity index is 1.76. The normalized spacial score (nSPS) is 14.6. The van der Waals surface area contributed by atoms with E-state index in [0.29, 0.717) is 11.6 Å². The number of carboxylic acids is 1. The summed E-state index contributed by atoms with van der Waals surface area (Å²) in [6.45, 7) is 1.48. The molecule has 1 saturated carbocycles. The van der Waals surface area contributed by atoms with Crippen LogP contribution < -0.4 is 4.74 Å². The molecule has 1 fully saturated rings. The summed E-state index contributed by atoms with van der Waals surface area (Å²) in [5.41, 5.74) is 0.317. The van der Waals surface area contributed by atoms with Gasteiger partial charge in [-0.15, -0.1) is 0 Å². The van der Waals surface area contributed by atoms with Gasteiger partial charge in [0.25, 0.3) is 5.91 Å². The first kappa shape index (κ1) is 17.8. The van der Waals surface area contributed by atoms with Crippen LogP contribution in [0.1, 0.15) is 30.1 Å². The van der Waals surface area contributed by atoms with E-state index >= 15 is 0 Å². The third-order valence-electron chi connectivity index (χ3n) is 4.17. The van der Waals surface area contributed by atoms with Crippen LogP contribution in [-0.2, 0) is 4.79 Å². The van der Waals surface area contributed by atoms with Gasteiger partial charge in [0.15, 0.2) is 11.6 Å². The number of halogens is 2. The molecule has 0 bridgehead atoms. The number of rotatable bonds is 6. The summed E-state index contributed by atoms with van der Waals surface area (Å²) in [4.78, 5) is 25.3. The number of carbonyl (C=O) groups is 2. The van der Waals surface area contributed by atoms with Gasteiger partial charge in [0, 0.05) is 17.7 Å². The summed E-state index contributed by atoms with van der Waals surface area (Å²) in [6, 6.07) is 7.93. The highest BCUT2D eigenvalue weighted by Gasteiger charge is 2.38. The smallest absolute Gasteiger partial charge is 0.326 e. The number of ether oxygens (including phenoxy) is 1. The second-order valence-corrected chi connectivity index (χ2v) is 6.16. The van der Waals surface area contributed by atoms with Crippen LogP contribution in [0.3, 0.4) is 0 Å². The Labute approximate surface area is 148 Å². The van der Waals surface area contributed by atoms with Gasteiger partial charge in [-0.1, -0.05) is 0 Å². The van der Waals surface area contributed by atoms with E-state index in [-0.39, 0.29) is 23.4 Å². The first-order valence-corrected chi connectivity index (χ1v) is 8.15. The van der Waals surface area contributed by atoms with Crippen molar-refractivity contribution in [1.29, 1.82) is 0 Å². The fraction of sp³-hybridized carbons (Fsp3) is 0.263. The van der Waals surface area contributed by atoms with Gasteiger partial charge in [-0.25, -0.2) is 13.6 Å². The molecule has 2 aromatic rings. The molecular weight excluding hydrogens is 344 g/mol. The number of nitrogens with zero attached hydrogens (tertiary/aromatic N) is 1. The first-order valence-electron chi connectivity index (χ1n) is 8.15. The molecule has 1 aliphatic carbocycles. The van der Waals surface area contributed by atoms with E-state index < -0.39 is 23.6 Å². The van der Waals surface area contributed by atoms with Crippen molar-refractivity contribution in [1.82, 2.24) is 4.90 Å². The van der Waals surface area contributed by atoms with Gasteiger partial charge in [0.05, 0.1) is 0 Å². The largest absolute Gasteiger partial charge is 0.480 e. The van der Waals surface area contributed by atoms with E-state index in [1.54, 1.807) is 0 Å². The van der Waals surface area contributed by atoms with E-state index in [0.717, 1.165) is 18.9 Å². The van der Waals surface area contributed by atoms with Crippen LogP contribution in [0.15, 0.2) is 42.5 Å². The number of hydrogen-bond donors (Lipinski definition) is 1. The molecular formula is C19H17F2NO4. The van der Waals surface area contributed by atoms with Crippen molar-refractivity contribution in [2.45, 2.75) is 31.8 Å². The zero-order valence-electron chi connectivity index (χ0n) is 14.0. The minimum atomic E-state index is -1.06. The van der Waals surface area contributed by atoms with Gasteiger partial charge in [-0.2, -0.15) is 0 Å². The Morgan fingerprint density at radius 2 is 1.81 bits per heavy atom. The van der Waals surface area contributed by atoms with Gasteiger partial charge in [-0.05, 0) is 56.2 Å². The summed E-state index contributed by atoms with van der Waals surface area (Å²) in [5, 5.41) is 9.20. The molecule has 0 saturated heterocycles. The predicted molar refractivity (Wildman–Crippen MR) is 89.2 cm³/mol. The molecule has 1 unspecified atom stereocenters. The maximum Gasteiger partial charge on any atom is 0.326 e. The van der Waals surface area contributed by atoms with Gasteiger partial charge in [0.1, 0.15) is 17.6 Å². The summed E-state index contributed by atoms with van der Waals surface area (Å²) < 4.78 is 31.9. The van der Waals surface area contributed by atoms with E-state index in [4.69, 9.17) is 4.74 Å². The van der Waals surface area contributed by atoms with Crippen LogP contribution in [0.2, 0.25) is 0 Å². The number of amides is 1. The molecule has 26 heavy (non-hydrogen) atoms. The van der Waals surface area contributed by atoms with Crippen LogP contribution in [0.4, 0.5) is 8.78 Å². The van der Waals surface area contributed by atoms with Crippen molar-refractivity contribution in [2.24, 2.45) is 0 Å². The fourth-order valence-corrected chi connectivity index (χ4v) is 2.63. The van der Waals surface area contributed by atoms with Crippen molar-refractivity contribution in [3.8, 4) is 11.5 Å². The summed E-state index contributed by atoms with van der Waals surface area (Å²) in [5.74, 6) is -2.83. The summed E-state index contributed by atoms with van der Waals surface area (Å²) in [7, 11) is 0. The van der Waals surface area contributed by atoms with Crippen molar-refractivity contribution in [2.75, 3.05) is 0 Å². The maximum absolute atomic E-state index is 13.6. The number of aliphatic carboxylic acids is 1. The summed E-state index contributed by atoms with van der Waals surface area (Å²) >= 11 is 0. The standard InChI is InChI=1S/C19H17F2NO4/c1-11(19(24)25)22(14-5-6-14)18(23)12-2-7-15(8-3-12)26-17-9-4-13(20)10-16(17)21/h2-4,7-11,14H,5-6H2,1H3,(H,24,25). The number of carbonyl (C=O) groups excluding carboxylic acids is 1. The number of hydrogen-bond acceptors (Lipinski definition) is 3. The highest BCUT2D eigenvalue weighted by Crippen LogP contribution is 2.31. The van der Waals surface area contributed by atoms with Crippen molar-refractivity contribution in [3.05, 3.63) is 59.7 Å². The minimum Gasteiger partial charge on any atom is -0.480 e. The van der Waals surface area contributed by atoms with Crippen molar-refractivity contribution >= 4 is 11.9 Å². The first-order chi connectivity index (χ1) is 12.4. The third kappa shape index (κ3) is 3.82. The molecule has 1 amide bonds. The molecule has 136 valence electrons. The minimum absolute atomic E-state index is 0.0576. The highest BCUT2D eigenvalue weighted by atomic mass is 19.1. The van der Waals surface area contributed by atoms with Crippen LogP contribution in [0.5, 0.6) is 11.5 Å². The van der Waals surface area contributed by atoms with Gasteiger partial charge in [-0.3, -0.25) is 4.79 Å². The third-order valence-corrected chi connectivity index (χ3v) is 4.17.